The standard InChI is InChI=1S/C56H43N/c1-5-21-43-41(6-2)56-37-40(34-35-54(56)52-32-18-17-30-50(52)47-27-14-13-25-45(43)47)57(39-22-9-8-10-23-39)38(4)36-55-42(7-3)44-24-11-12-26-46(44)48-28-15-16-29-49(48)51-31-19-20-33-53(51)55/h5-37H,1,3H2,2,4H3/b38-36+,41-6+,43-21?,44-42?,48-46?,51-49?,55-42-,55-53?. The maximum Gasteiger partial charge on any atom is 0.0464 e. The van der Waals surface area contributed by atoms with Crippen LogP contribution in [0.25, 0.3) is 66.8 Å². The van der Waals surface area contributed by atoms with Crippen LogP contribution in [0.2, 0.25) is 0 Å². The minimum absolute atomic E-state index is 1.07. The van der Waals surface area contributed by atoms with Crippen LogP contribution < -0.4 is 4.90 Å². The van der Waals surface area contributed by atoms with Crippen LogP contribution in [0, 0.1) is 0 Å². The highest BCUT2D eigenvalue weighted by Gasteiger charge is 2.26. The lowest BCUT2D eigenvalue weighted by Gasteiger charge is -2.30. The molecule has 0 radical (unpaired) electrons. The normalized spacial score (nSPS) is 15.6. The predicted molar refractivity (Wildman–Crippen MR) is 246 cm³/mol. The van der Waals surface area contributed by atoms with Crippen molar-refractivity contribution in [2.45, 2.75) is 13.8 Å². The number of rotatable bonds is 6. The first-order valence-corrected chi connectivity index (χ1v) is 19.6. The van der Waals surface area contributed by atoms with Crippen LogP contribution in [-0.4, -0.2) is 0 Å². The van der Waals surface area contributed by atoms with Gasteiger partial charge in [-0.05, 0) is 133 Å². The van der Waals surface area contributed by atoms with Gasteiger partial charge in [-0.25, -0.2) is 0 Å². The molecule has 0 heterocycles. The smallest absolute Gasteiger partial charge is 0.0464 e. The van der Waals surface area contributed by atoms with Gasteiger partial charge in [0.25, 0.3) is 0 Å². The summed E-state index contributed by atoms with van der Waals surface area (Å²) in [6, 6.07) is 61.5. The summed E-state index contributed by atoms with van der Waals surface area (Å²) < 4.78 is 0. The van der Waals surface area contributed by atoms with Gasteiger partial charge in [0.1, 0.15) is 0 Å². The lowest BCUT2D eigenvalue weighted by atomic mass is 9.79. The van der Waals surface area contributed by atoms with Gasteiger partial charge in [0.05, 0.1) is 0 Å². The Bertz CT molecular complexity index is 2840. The Morgan fingerprint density at radius 2 is 0.842 bits per heavy atom. The molecular formula is C56H43N. The van der Waals surface area contributed by atoms with Crippen molar-refractivity contribution >= 4 is 33.7 Å². The molecule has 7 aromatic rings. The molecule has 0 amide bonds. The third-order valence-corrected chi connectivity index (χ3v) is 11.3. The van der Waals surface area contributed by atoms with Gasteiger partial charge < -0.3 is 4.90 Å². The zero-order valence-corrected chi connectivity index (χ0v) is 32.4. The summed E-state index contributed by atoms with van der Waals surface area (Å²) in [4.78, 5) is 2.39. The van der Waals surface area contributed by atoms with Crippen LogP contribution >= 0.6 is 0 Å². The molecule has 0 N–H and O–H groups in total. The second kappa shape index (κ2) is 15.1. The molecule has 0 aliphatic heterocycles. The molecule has 0 unspecified atom stereocenters. The zero-order chi connectivity index (χ0) is 38.9. The second-order valence-electron chi connectivity index (χ2n) is 14.5. The van der Waals surface area contributed by atoms with Crippen molar-refractivity contribution < 1.29 is 0 Å². The first-order chi connectivity index (χ1) is 28.1. The number of anilines is 2. The van der Waals surface area contributed by atoms with Crippen LogP contribution in [0.5, 0.6) is 0 Å². The van der Waals surface area contributed by atoms with E-state index in [2.05, 4.69) is 220 Å². The summed E-state index contributed by atoms with van der Waals surface area (Å²) in [6.45, 7) is 12.9. The third kappa shape index (κ3) is 6.15. The minimum Gasteiger partial charge on any atom is -0.314 e. The van der Waals surface area contributed by atoms with Crippen molar-refractivity contribution in [3.05, 3.63) is 241 Å². The molecule has 2 aliphatic rings. The zero-order valence-electron chi connectivity index (χ0n) is 32.4. The fraction of sp³-hybridized carbons (Fsp3) is 0.0357. The molecule has 0 spiro atoms. The van der Waals surface area contributed by atoms with Crippen molar-refractivity contribution in [2.75, 3.05) is 4.90 Å². The van der Waals surface area contributed by atoms with Crippen LogP contribution in [0.1, 0.15) is 36.1 Å². The van der Waals surface area contributed by atoms with E-state index in [1.54, 1.807) is 0 Å². The molecule has 272 valence electrons. The van der Waals surface area contributed by atoms with Crippen LogP contribution in [0.3, 0.4) is 0 Å². The molecule has 7 aromatic carbocycles. The predicted octanol–water partition coefficient (Wildman–Crippen LogP) is 15.5. The Hall–Kier alpha value is -7.22. The number of hydrogen-bond donors (Lipinski definition) is 0. The monoisotopic (exact) mass is 729 g/mol. The highest BCUT2D eigenvalue weighted by molar-refractivity contribution is 6.14. The molecule has 0 fully saturated rings. The van der Waals surface area contributed by atoms with Crippen LogP contribution in [0.4, 0.5) is 11.4 Å². The fourth-order valence-corrected chi connectivity index (χ4v) is 8.86. The maximum atomic E-state index is 4.42. The van der Waals surface area contributed by atoms with Crippen LogP contribution in [-0.2, 0) is 0 Å². The van der Waals surface area contributed by atoms with E-state index in [4.69, 9.17) is 0 Å². The highest BCUT2D eigenvalue weighted by Crippen LogP contribution is 2.49. The molecular weight excluding hydrogens is 687 g/mol. The molecule has 1 nitrogen and oxygen atoms in total. The van der Waals surface area contributed by atoms with Crippen molar-refractivity contribution in [3.8, 4) is 44.5 Å². The number of para-hydroxylation sites is 1. The Balaban J connectivity index is 1.30. The van der Waals surface area contributed by atoms with Gasteiger partial charge in [-0.3, -0.25) is 0 Å². The van der Waals surface area contributed by atoms with Gasteiger partial charge in [-0.1, -0.05) is 183 Å². The SMILES string of the molecule is C=CC=C1/C(=C\C)c2cc(N(/C(C)=C/C3=C(\C=C)c4ccccc4-c4ccccc4-c4ccccc43)c3ccccc3)ccc2-c2ccccc2-c2ccccc21. The van der Waals surface area contributed by atoms with Crippen molar-refractivity contribution in [3.63, 3.8) is 0 Å². The van der Waals surface area contributed by atoms with Crippen molar-refractivity contribution in [1.82, 2.24) is 0 Å². The maximum absolute atomic E-state index is 4.42. The van der Waals surface area contributed by atoms with Crippen molar-refractivity contribution in [1.29, 1.82) is 0 Å². The number of allylic oxidation sites excluding steroid dienone is 10. The molecule has 1 heteroatoms. The molecule has 2 aliphatic carbocycles. The van der Waals surface area contributed by atoms with E-state index < -0.39 is 0 Å². The first kappa shape index (κ1) is 35.5. The van der Waals surface area contributed by atoms with Gasteiger partial charge in [-0.15, -0.1) is 0 Å². The lowest BCUT2D eigenvalue weighted by Crippen LogP contribution is -2.15. The van der Waals surface area contributed by atoms with E-state index in [0.717, 1.165) is 33.8 Å². The summed E-state index contributed by atoms with van der Waals surface area (Å²) in [5.41, 5.74) is 22.2. The third-order valence-electron chi connectivity index (χ3n) is 11.3. The quantitative estimate of drug-likeness (QED) is 0.165. The van der Waals surface area contributed by atoms with E-state index in [0.29, 0.717) is 0 Å². The van der Waals surface area contributed by atoms with Crippen LogP contribution in [0.15, 0.2) is 219 Å². The van der Waals surface area contributed by atoms with Gasteiger partial charge in [0.2, 0.25) is 0 Å². The van der Waals surface area contributed by atoms with E-state index in [1.165, 1.54) is 72.3 Å². The van der Waals surface area contributed by atoms with Gasteiger partial charge >= 0.3 is 0 Å². The first-order valence-electron chi connectivity index (χ1n) is 19.6. The summed E-state index contributed by atoms with van der Waals surface area (Å²) in [6.07, 6.45) is 10.7. The van der Waals surface area contributed by atoms with Gasteiger partial charge in [0.15, 0.2) is 0 Å². The molecule has 0 saturated heterocycles. The molecule has 57 heavy (non-hydrogen) atoms. The highest BCUT2D eigenvalue weighted by atomic mass is 15.1. The lowest BCUT2D eigenvalue weighted by molar-refractivity contribution is 1.16. The van der Waals surface area contributed by atoms with Gasteiger partial charge in [-0.2, -0.15) is 0 Å². The van der Waals surface area contributed by atoms with E-state index >= 15 is 0 Å². The molecule has 0 bridgehead atoms. The Morgan fingerprint density at radius 3 is 1.33 bits per heavy atom. The average Bonchev–Trinajstić information content (AvgIpc) is 3.26. The van der Waals surface area contributed by atoms with E-state index in [9.17, 15) is 0 Å². The minimum atomic E-state index is 1.07. The molecule has 0 atom stereocenters. The number of fused-ring (bicyclic) bond motifs is 10. The largest absolute Gasteiger partial charge is 0.314 e. The summed E-state index contributed by atoms with van der Waals surface area (Å²) >= 11 is 0. The second-order valence-corrected chi connectivity index (χ2v) is 14.5. The van der Waals surface area contributed by atoms with Gasteiger partial charge in [0, 0.05) is 17.1 Å². The summed E-state index contributed by atoms with van der Waals surface area (Å²) in [5, 5.41) is 0. The summed E-state index contributed by atoms with van der Waals surface area (Å²) in [7, 11) is 0. The number of hydrogen-bond acceptors (Lipinski definition) is 1. The van der Waals surface area contributed by atoms with E-state index in [-0.39, 0.29) is 0 Å². The fourth-order valence-electron chi connectivity index (χ4n) is 8.86. The molecule has 0 saturated carbocycles. The average molecular weight is 730 g/mol. The molecule has 0 aromatic heterocycles. The summed E-state index contributed by atoms with van der Waals surface area (Å²) in [5.74, 6) is 0. The van der Waals surface area contributed by atoms with Crippen molar-refractivity contribution in [2.24, 2.45) is 0 Å². The Labute approximate surface area is 336 Å². The Kier molecular flexibility index (Phi) is 9.42. The number of benzene rings is 7. The molecule has 9 rings (SSSR count). The Morgan fingerprint density at radius 1 is 0.421 bits per heavy atom. The van der Waals surface area contributed by atoms with E-state index in [1.807, 2.05) is 12.2 Å². The topological polar surface area (TPSA) is 3.24 Å². The number of nitrogens with zero attached hydrogens (tertiary/aromatic N) is 1.